The summed E-state index contributed by atoms with van der Waals surface area (Å²) in [7, 11) is 0. The maximum Gasteiger partial charge on any atom is 0.411 e. The number of likely N-dealkylation sites (tertiary alicyclic amines) is 1. The zero-order chi connectivity index (χ0) is 30.5. The van der Waals surface area contributed by atoms with Crippen molar-refractivity contribution in [1.82, 2.24) is 30.2 Å². The van der Waals surface area contributed by atoms with Gasteiger partial charge in [0, 0.05) is 34.7 Å². The number of H-pyrrole nitrogens is 2. The lowest BCUT2D eigenvalue weighted by molar-refractivity contribution is 0.0194. The van der Waals surface area contributed by atoms with Crippen LogP contribution in [0.2, 0.25) is 0 Å². The first-order valence-electron chi connectivity index (χ1n) is 15.1. The Bertz CT molecular complexity index is 1950. The molecule has 3 N–H and O–H groups in total. The number of aromatic amines is 2. The second kappa shape index (κ2) is 9.41. The number of hydrogen-bond acceptors (Lipinski definition) is 5. The molecule has 1 amide bonds. The molecule has 2 saturated carbocycles. The van der Waals surface area contributed by atoms with Crippen molar-refractivity contribution in [2.75, 3.05) is 0 Å². The van der Waals surface area contributed by atoms with Gasteiger partial charge in [0.25, 0.3) is 0 Å². The molecule has 0 spiro atoms. The van der Waals surface area contributed by atoms with Crippen molar-refractivity contribution in [3.63, 3.8) is 0 Å². The van der Waals surface area contributed by atoms with Gasteiger partial charge in [0.05, 0.1) is 29.0 Å². The van der Waals surface area contributed by atoms with E-state index < -0.39 is 17.5 Å². The van der Waals surface area contributed by atoms with E-state index in [0.29, 0.717) is 34.6 Å². The molecule has 4 aliphatic rings. The summed E-state index contributed by atoms with van der Waals surface area (Å²) in [4.78, 5) is 30.7. The summed E-state index contributed by atoms with van der Waals surface area (Å²) in [5, 5.41) is 3.58. The number of hydrogen-bond donors (Lipinski definition) is 3. The first kappa shape index (κ1) is 26.9. The quantitative estimate of drug-likeness (QED) is 0.192. The molecule has 4 aromatic rings. The number of aromatic nitrogens is 4. The van der Waals surface area contributed by atoms with Gasteiger partial charge < -0.3 is 20.0 Å². The number of nitrogens with zero attached hydrogens (tertiary/aromatic N) is 3. The predicted octanol–water partition coefficient (Wildman–Crippen LogP) is 6.32. The Morgan fingerprint density at radius 2 is 1.80 bits per heavy atom. The van der Waals surface area contributed by atoms with Crippen LogP contribution >= 0.6 is 0 Å². The molecule has 2 unspecified atom stereocenters. The Morgan fingerprint density at radius 1 is 1.02 bits per heavy atom. The van der Waals surface area contributed by atoms with Crippen LogP contribution in [0.3, 0.4) is 0 Å². The smallest absolute Gasteiger partial charge is 0.411 e. The van der Waals surface area contributed by atoms with Gasteiger partial charge in [0.1, 0.15) is 29.1 Å². The fourth-order valence-corrected chi connectivity index (χ4v) is 6.71. The van der Waals surface area contributed by atoms with E-state index in [1.807, 2.05) is 39.0 Å². The van der Waals surface area contributed by atoms with E-state index in [1.165, 1.54) is 18.1 Å². The van der Waals surface area contributed by atoms with Crippen LogP contribution < -0.4 is 5.32 Å². The normalized spacial score (nSPS) is 26.8. The first-order valence-corrected chi connectivity index (χ1v) is 15.1. The number of piperidine rings is 2. The van der Waals surface area contributed by atoms with Crippen LogP contribution in [0.25, 0.3) is 22.3 Å². The van der Waals surface area contributed by atoms with Gasteiger partial charge in [-0.3, -0.25) is 4.90 Å². The summed E-state index contributed by atoms with van der Waals surface area (Å²) >= 11 is 0. The Kier molecular flexibility index (Phi) is 5.75. The summed E-state index contributed by atoms with van der Waals surface area (Å²) < 4.78 is 21.0. The monoisotopic (exact) mass is 588 g/mol. The summed E-state index contributed by atoms with van der Waals surface area (Å²) in [5.74, 6) is 8.06. The number of nitrogens with one attached hydrogen (secondary N) is 3. The molecule has 0 bridgehead atoms. The standard InChI is InChI=1S/C35H33FN6O2/c1-17-22-14-26(22)38-30(17)32-39-25-11-9-20(13-27(25)40-32)7-6-19-8-10-21(24(36)12-19)28-16-37-33(41-28)31-18(2)23-15-29(23)42(31)34(43)44-35(3,4)5/h8-13,16,22-23,26,29-31,38H,1-2,14-15H2,3-5H3,(H,37,41)(H,39,40)/t22?,23-,26-,29?,30+,31+/m1/s1. The highest BCUT2D eigenvalue weighted by Crippen LogP contribution is 2.56. The minimum absolute atomic E-state index is 0.0660. The maximum atomic E-state index is 15.4. The Morgan fingerprint density at radius 3 is 2.52 bits per heavy atom. The van der Waals surface area contributed by atoms with E-state index in [2.05, 4.69) is 45.3 Å². The molecule has 2 aromatic heterocycles. The van der Waals surface area contributed by atoms with Crippen LogP contribution in [0, 0.1) is 29.5 Å². The zero-order valence-electron chi connectivity index (χ0n) is 24.9. The molecule has 4 heterocycles. The van der Waals surface area contributed by atoms with Crippen LogP contribution in [0.4, 0.5) is 9.18 Å². The van der Waals surface area contributed by atoms with Gasteiger partial charge in [0.2, 0.25) is 0 Å². The fraction of sp³-hybridized carbons (Fsp3) is 0.343. The number of imidazole rings is 2. The molecular formula is C35H33FN6O2. The maximum absolute atomic E-state index is 15.4. The number of benzene rings is 2. The average Bonchev–Trinajstić information content (AvgIpc) is 3.72. The van der Waals surface area contributed by atoms with Crippen LogP contribution in [0.15, 0.2) is 66.9 Å². The molecule has 44 heavy (non-hydrogen) atoms. The second-order valence-corrected chi connectivity index (χ2v) is 13.4. The van der Waals surface area contributed by atoms with Crippen LogP contribution in [0.5, 0.6) is 0 Å². The van der Waals surface area contributed by atoms with Crippen molar-refractivity contribution in [2.45, 2.75) is 63.4 Å². The number of ether oxygens (including phenoxy) is 1. The molecule has 9 heteroatoms. The van der Waals surface area contributed by atoms with Crippen molar-refractivity contribution in [3.05, 3.63) is 95.5 Å². The molecule has 6 atom stereocenters. The van der Waals surface area contributed by atoms with Crippen molar-refractivity contribution >= 4 is 17.1 Å². The van der Waals surface area contributed by atoms with Crippen molar-refractivity contribution in [2.24, 2.45) is 11.8 Å². The van der Waals surface area contributed by atoms with Gasteiger partial charge >= 0.3 is 6.09 Å². The van der Waals surface area contributed by atoms with Crippen molar-refractivity contribution < 1.29 is 13.9 Å². The summed E-state index contributed by atoms with van der Waals surface area (Å²) in [6.07, 6.45) is 3.26. The molecule has 2 aliphatic carbocycles. The minimum atomic E-state index is -0.615. The molecular weight excluding hydrogens is 555 g/mol. The van der Waals surface area contributed by atoms with Gasteiger partial charge in [0.15, 0.2) is 0 Å². The van der Waals surface area contributed by atoms with Crippen molar-refractivity contribution in [1.29, 1.82) is 0 Å². The van der Waals surface area contributed by atoms with Gasteiger partial charge in [-0.05, 0) is 87.1 Å². The number of fused-ring (bicyclic) bond motifs is 3. The third kappa shape index (κ3) is 4.52. The van der Waals surface area contributed by atoms with Crippen molar-refractivity contribution in [3.8, 4) is 23.1 Å². The average molecular weight is 589 g/mol. The zero-order valence-corrected chi connectivity index (χ0v) is 24.9. The lowest BCUT2D eigenvalue weighted by Crippen LogP contribution is -2.39. The highest BCUT2D eigenvalue weighted by atomic mass is 19.1. The lowest BCUT2D eigenvalue weighted by Gasteiger charge is -2.30. The number of rotatable bonds is 3. The van der Waals surface area contributed by atoms with E-state index in [0.717, 1.165) is 34.4 Å². The second-order valence-electron chi connectivity index (χ2n) is 13.4. The van der Waals surface area contributed by atoms with E-state index in [-0.39, 0.29) is 24.1 Å². The highest BCUT2D eigenvalue weighted by molar-refractivity contribution is 5.77. The van der Waals surface area contributed by atoms with E-state index in [9.17, 15) is 4.79 Å². The third-order valence-electron chi connectivity index (χ3n) is 9.08. The van der Waals surface area contributed by atoms with Gasteiger partial charge in [-0.2, -0.15) is 0 Å². The van der Waals surface area contributed by atoms with E-state index in [1.54, 1.807) is 23.2 Å². The highest BCUT2D eigenvalue weighted by Gasteiger charge is 2.58. The Labute approximate surface area is 254 Å². The number of carbonyl (C=O) groups is 1. The topological polar surface area (TPSA) is 98.9 Å². The molecule has 2 saturated heterocycles. The number of carbonyl (C=O) groups excluding carboxylic acids is 1. The lowest BCUT2D eigenvalue weighted by atomic mass is 10.1. The number of amides is 1. The van der Waals surface area contributed by atoms with E-state index in [4.69, 9.17) is 9.72 Å². The first-order chi connectivity index (χ1) is 21.0. The molecule has 0 radical (unpaired) electrons. The molecule has 8 rings (SSSR count). The SMILES string of the molecule is C=C1C2C[C@H]2N[C@@H]1c1nc2ccc(C#Cc3ccc(-c4cnc([C@@H]5C(=C)[C@H]6CC6N5C(=O)OC(C)(C)C)[nH]4)c(F)c3)cc2[nH]1. The van der Waals surface area contributed by atoms with Gasteiger partial charge in [-0.15, -0.1) is 0 Å². The molecule has 2 aliphatic heterocycles. The van der Waals surface area contributed by atoms with Crippen LogP contribution in [-0.4, -0.2) is 48.6 Å². The predicted molar refractivity (Wildman–Crippen MR) is 165 cm³/mol. The fourth-order valence-electron chi connectivity index (χ4n) is 6.71. The summed E-state index contributed by atoms with van der Waals surface area (Å²) in [6.45, 7) is 14.1. The van der Waals surface area contributed by atoms with E-state index >= 15 is 4.39 Å². The molecule has 2 aromatic carbocycles. The Hall–Kier alpha value is -4.68. The Balaban J connectivity index is 1.000. The summed E-state index contributed by atoms with van der Waals surface area (Å²) in [6, 6.07) is 11.0. The largest absolute Gasteiger partial charge is 0.444 e. The minimum Gasteiger partial charge on any atom is -0.444 e. The van der Waals surface area contributed by atoms with Crippen LogP contribution in [0.1, 0.15) is 68.5 Å². The van der Waals surface area contributed by atoms with Crippen LogP contribution in [-0.2, 0) is 4.74 Å². The van der Waals surface area contributed by atoms with Gasteiger partial charge in [-0.1, -0.05) is 25.0 Å². The summed E-state index contributed by atoms with van der Waals surface area (Å²) in [5.41, 5.74) is 5.56. The molecule has 8 nitrogen and oxygen atoms in total. The third-order valence-corrected chi connectivity index (χ3v) is 9.08. The molecule has 222 valence electrons. The number of halogens is 1. The molecule has 4 fully saturated rings. The van der Waals surface area contributed by atoms with Gasteiger partial charge in [-0.25, -0.2) is 19.2 Å².